The molecule has 0 saturated carbocycles. The molecule has 0 radical (unpaired) electrons. The second kappa shape index (κ2) is 7.33. The van der Waals surface area contributed by atoms with E-state index in [2.05, 4.69) is 46.1 Å². The van der Waals surface area contributed by atoms with E-state index in [4.69, 9.17) is 0 Å². The van der Waals surface area contributed by atoms with Crippen LogP contribution in [0.25, 0.3) is 16.9 Å². The molecule has 0 saturated heterocycles. The molecular formula is C23H24N6O. The van der Waals surface area contributed by atoms with Crippen LogP contribution in [0.2, 0.25) is 0 Å². The highest BCUT2D eigenvalue weighted by Crippen LogP contribution is 2.26. The lowest BCUT2D eigenvalue weighted by molar-refractivity contribution is 0.102. The van der Waals surface area contributed by atoms with Crippen molar-refractivity contribution in [1.82, 2.24) is 24.7 Å². The molecule has 7 heteroatoms. The molecule has 30 heavy (non-hydrogen) atoms. The molecule has 3 heterocycles. The van der Waals surface area contributed by atoms with Crippen LogP contribution in [0.3, 0.4) is 0 Å². The van der Waals surface area contributed by atoms with Crippen molar-refractivity contribution in [3.63, 3.8) is 0 Å². The molecule has 1 aromatic carbocycles. The van der Waals surface area contributed by atoms with Crippen LogP contribution in [0, 0.1) is 13.8 Å². The van der Waals surface area contributed by atoms with E-state index in [9.17, 15) is 4.79 Å². The number of nitrogens with one attached hydrogen (secondary N) is 1. The Kier molecular flexibility index (Phi) is 4.81. The van der Waals surface area contributed by atoms with Gasteiger partial charge in [-0.3, -0.25) is 4.79 Å². The Balaban J connectivity index is 1.71. The van der Waals surface area contributed by atoms with Crippen molar-refractivity contribution in [2.75, 3.05) is 5.32 Å². The second-order valence-corrected chi connectivity index (χ2v) is 8.32. The number of anilines is 1. The quantitative estimate of drug-likeness (QED) is 0.552. The Bertz CT molecular complexity index is 1240. The van der Waals surface area contributed by atoms with E-state index in [-0.39, 0.29) is 11.3 Å². The maximum Gasteiger partial charge on any atom is 0.256 e. The highest BCUT2D eigenvalue weighted by molar-refractivity contribution is 6.05. The summed E-state index contributed by atoms with van der Waals surface area (Å²) in [6.07, 6.45) is 1.70. The highest BCUT2D eigenvalue weighted by Gasteiger charge is 2.22. The molecule has 4 rings (SSSR count). The topological polar surface area (TPSA) is 85.6 Å². The first-order chi connectivity index (χ1) is 14.2. The number of benzene rings is 1. The number of nitrogens with zero attached hydrogens (tertiary/aromatic N) is 5. The highest BCUT2D eigenvalue weighted by atomic mass is 16.1. The monoisotopic (exact) mass is 400 g/mol. The Morgan fingerprint density at radius 3 is 2.37 bits per heavy atom. The van der Waals surface area contributed by atoms with E-state index < -0.39 is 0 Å². The van der Waals surface area contributed by atoms with Gasteiger partial charge in [-0.1, -0.05) is 26.8 Å². The van der Waals surface area contributed by atoms with Gasteiger partial charge < -0.3 is 5.32 Å². The van der Waals surface area contributed by atoms with Gasteiger partial charge in [0.2, 0.25) is 0 Å². The molecule has 152 valence electrons. The summed E-state index contributed by atoms with van der Waals surface area (Å²) >= 11 is 0. The summed E-state index contributed by atoms with van der Waals surface area (Å²) in [5.41, 5.74) is 4.39. The second-order valence-electron chi connectivity index (χ2n) is 8.32. The van der Waals surface area contributed by atoms with Gasteiger partial charge in [0.05, 0.1) is 28.1 Å². The van der Waals surface area contributed by atoms with Crippen LogP contribution in [-0.2, 0) is 5.41 Å². The fraction of sp³-hybridized carbons (Fsp3) is 0.261. The third-order valence-corrected chi connectivity index (χ3v) is 4.92. The number of aryl methyl sites for hydroxylation is 2. The lowest BCUT2D eigenvalue weighted by Gasteiger charge is -2.13. The molecule has 0 aliphatic carbocycles. The van der Waals surface area contributed by atoms with Crippen molar-refractivity contribution in [3.8, 4) is 5.82 Å². The number of hydrogen-bond donors (Lipinski definition) is 1. The molecule has 0 unspecified atom stereocenters. The smallest absolute Gasteiger partial charge is 0.256 e. The van der Waals surface area contributed by atoms with Gasteiger partial charge in [0.25, 0.3) is 5.91 Å². The zero-order valence-corrected chi connectivity index (χ0v) is 17.8. The van der Waals surface area contributed by atoms with Crippen LogP contribution < -0.4 is 5.32 Å². The van der Waals surface area contributed by atoms with Crippen molar-refractivity contribution >= 4 is 22.8 Å². The van der Waals surface area contributed by atoms with Gasteiger partial charge >= 0.3 is 0 Å². The van der Waals surface area contributed by atoms with Crippen LogP contribution in [0.5, 0.6) is 0 Å². The van der Waals surface area contributed by atoms with Gasteiger partial charge in [0.1, 0.15) is 5.82 Å². The molecule has 1 amide bonds. The van der Waals surface area contributed by atoms with Gasteiger partial charge in [-0.25, -0.2) is 15.0 Å². The number of amides is 1. The van der Waals surface area contributed by atoms with Crippen molar-refractivity contribution in [2.45, 2.75) is 40.0 Å². The number of hydrogen-bond acceptors (Lipinski definition) is 5. The van der Waals surface area contributed by atoms with Gasteiger partial charge in [-0.2, -0.15) is 9.78 Å². The van der Waals surface area contributed by atoms with E-state index in [1.54, 1.807) is 23.0 Å². The standard InChI is InChI=1S/C23H24N6O/c1-14-15(2)26-18-12-16(9-10-17(18)25-14)22(30)27-21-13-19(23(3,4)5)28-29(21)20-8-6-7-11-24-20/h6-13H,1-5H3,(H,27,30). The number of carbonyl (C=O) groups is 1. The van der Waals surface area contributed by atoms with Crippen molar-refractivity contribution in [2.24, 2.45) is 0 Å². The molecule has 7 nitrogen and oxygen atoms in total. The molecule has 0 aliphatic heterocycles. The minimum Gasteiger partial charge on any atom is -0.306 e. The predicted octanol–water partition coefficient (Wildman–Crippen LogP) is 4.38. The Morgan fingerprint density at radius 2 is 1.70 bits per heavy atom. The van der Waals surface area contributed by atoms with Crippen LogP contribution in [-0.4, -0.2) is 30.6 Å². The Hall–Kier alpha value is -3.61. The van der Waals surface area contributed by atoms with Gasteiger partial charge in [-0.15, -0.1) is 0 Å². The maximum absolute atomic E-state index is 13.0. The summed E-state index contributed by atoms with van der Waals surface area (Å²) in [6.45, 7) is 10.1. The summed E-state index contributed by atoms with van der Waals surface area (Å²) in [5.74, 6) is 0.961. The summed E-state index contributed by atoms with van der Waals surface area (Å²) < 4.78 is 1.66. The first-order valence-corrected chi connectivity index (χ1v) is 9.81. The van der Waals surface area contributed by atoms with E-state index in [1.807, 2.05) is 44.2 Å². The lowest BCUT2D eigenvalue weighted by Crippen LogP contribution is -2.16. The maximum atomic E-state index is 13.0. The molecule has 1 N–H and O–H groups in total. The minimum absolute atomic E-state index is 0.173. The first kappa shape index (κ1) is 19.7. The molecule has 0 fully saturated rings. The summed E-state index contributed by atoms with van der Waals surface area (Å²) in [5, 5.41) is 7.67. The molecule has 0 atom stereocenters. The lowest BCUT2D eigenvalue weighted by atomic mass is 9.92. The average Bonchev–Trinajstić information content (AvgIpc) is 3.13. The van der Waals surface area contributed by atoms with Crippen LogP contribution >= 0.6 is 0 Å². The van der Waals surface area contributed by atoms with Gasteiger partial charge in [0.15, 0.2) is 5.82 Å². The molecule has 3 aromatic heterocycles. The minimum atomic E-state index is -0.241. The van der Waals surface area contributed by atoms with Crippen molar-refractivity contribution in [1.29, 1.82) is 0 Å². The van der Waals surface area contributed by atoms with E-state index in [0.29, 0.717) is 22.7 Å². The fourth-order valence-electron chi connectivity index (χ4n) is 3.05. The number of aromatic nitrogens is 5. The zero-order valence-electron chi connectivity index (χ0n) is 17.8. The van der Waals surface area contributed by atoms with E-state index >= 15 is 0 Å². The summed E-state index contributed by atoms with van der Waals surface area (Å²) in [7, 11) is 0. The Morgan fingerprint density at radius 1 is 0.967 bits per heavy atom. The Labute approximate surface area is 175 Å². The van der Waals surface area contributed by atoms with Crippen molar-refractivity contribution < 1.29 is 4.79 Å². The van der Waals surface area contributed by atoms with E-state index in [0.717, 1.165) is 22.6 Å². The van der Waals surface area contributed by atoms with Crippen LogP contribution in [0.4, 0.5) is 5.82 Å². The van der Waals surface area contributed by atoms with Crippen molar-refractivity contribution in [3.05, 3.63) is 71.3 Å². The third kappa shape index (κ3) is 3.78. The normalized spacial score (nSPS) is 11.6. The van der Waals surface area contributed by atoms with Crippen LogP contribution in [0.1, 0.15) is 48.2 Å². The van der Waals surface area contributed by atoms with E-state index in [1.165, 1.54) is 0 Å². The number of rotatable bonds is 3. The SMILES string of the molecule is Cc1nc2ccc(C(=O)Nc3cc(C(C)(C)C)nn3-c3ccccn3)cc2nc1C. The first-order valence-electron chi connectivity index (χ1n) is 9.81. The molecule has 0 spiro atoms. The number of fused-ring (bicyclic) bond motifs is 1. The third-order valence-electron chi connectivity index (χ3n) is 4.92. The molecule has 4 aromatic rings. The average molecular weight is 400 g/mol. The zero-order chi connectivity index (χ0) is 21.5. The molecule has 0 aliphatic rings. The predicted molar refractivity (Wildman–Crippen MR) is 117 cm³/mol. The number of carbonyl (C=O) groups excluding carboxylic acids is 1. The van der Waals surface area contributed by atoms with Gasteiger partial charge in [0, 0.05) is 23.2 Å². The summed E-state index contributed by atoms with van der Waals surface area (Å²) in [6, 6.07) is 12.8. The summed E-state index contributed by atoms with van der Waals surface area (Å²) in [4.78, 5) is 26.5. The van der Waals surface area contributed by atoms with Crippen LogP contribution in [0.15, 0.2) is 48.7 Å². The molecule has 0 bridgehead atoms. The van der Waals surface area contributed by atoms with Gasteiger partial charge in [-0.05, 0) is 44.2 Å². The number of pyridine rings is 1. The largest absolute Gasteiger partial charge is 0.306 e. The fourth-order valence-corrected chi connectivity index (χ4v) is 3.05. The molecular weight excluding hydrogens is 376 g/mol.